The smallest absolute Gasteiger partial charge is 0.338 e. The molecule has 0 fully saturated rings. The summed E-state index contributed by atoms with van der Waals surface area (Å²) in [7, 11) is -3.55. The van der Waals surface area contributed by atoms with Gasteiger partial charge >= 0.3 is 5.97 Å². The molecule has 3 rings (SSSR count). The van der Waals surface area contributed by atoms with Gasteiger partial charge in [0.25, 0.3) is 5.91 Å². The average molecular weight is 404 g/mol. The van der Waals surface area contributed by atoms with Gasteiger partial charge in [0.2, 0.25) is 0 Å². The summed E-state index contributed by atoms with van der Waals surface area (Å²) in [6, 6.07) is 10.9. The van der Waals surface area contributed by atoms with Gasteiger partial charge in [-0.05, 0) is 37.3 Å². The van der Waals surface area contributed by atoms with Gasteiger partial charge in [0.15, 0.2) is 15.0 Å². The molecular weight excluding hydrogens is 388 g/mol. The Morgan fingerprint density at radius 2 is 1.93 bits per heavy atom. The van der Waals surface area contributed by atoms with E-state index in [2.05, 4.69) is 10.3 Å². The second-order valence-corrected chi connectivity index (χ2v) is 8.66. The number of ether oxygens (including phenoxy) is 1. The highest BCUT2D eigenvalue weighted by atomic mass is 32.2. The summed E-state index contributed by atoms with van der Waals surface area (Å²) in [4.78, 5) is 28.6. The first-order valence-corrected chi connectivity index (χ1v) is 10.7. The van der Waals surface area contributed by atoms with Crippen molar-refractivity contribution in [3.8, 4) is 0 Å². The second-order valence-electron chi connectivity index (χ2n) is 5.64. The molecule has 0 saturated carbocycles. The Morgan fingerprint density at radius 1 is 1.19 bits per heavy atom. The van der Waals surface area contributed by atoms with Crippen LogP contribution in [0.1, 0.15) is 27.6 Å². The van der Waals surface area contributed by atoms with Gasteiger partial charge in [0.05, 0.1) is 32.8 Å². The number of nitrogens with zero attached hydrogens (tertiary/aromatic N) is 1. The van der Waals surface area contributed by atoms with E-state index in [1.54, 1.807) is 37.3 Å². The number of hydrogen-bond donors (Lipinski definition) is 1. The molecule has 0 aliphatic heterocycles. The molecule has 0 aliphatic carbocycles. The molecule has 0 saturated heterocycles. The van der Waals surface area contributed by atoms with E-state index < -0.39 is 21.7 Å². The largest absolute Gasteiger partial charge is 0.462 e. The van der Waals surface area contributed by atoms with Gasteiger partial charge in [0.1, 0.15) is 0 Å². The zero-order valence-electron chi connectivity index (χ0n) is 14.6. The molecule has 9 heteroatoms. The minimum atomic E-state index is -3.55. The van der Waals surface area contributed by atoms with E-state index in [0.717, 1.165) is 6.26 Å². The lowest BCUT2D eigenvalue weighted by molar-refractivity contribution is 0.0526. The normalized spacial score (nSPS) is 11.3. The number of hydrogen-bond acceptors (Lipinski definition) is 7. The molecule has 0 aliphatic rings. The highest BCUT2D eigenvalue weighted by molar-refractivity contribution is 7.90. The number of benzene rings is 2. The fourth-order valence-corrected chi connectivity index (χ4v) is 4.25. The maximum atomic E-state index is 12.5. The van der Waals surface area contributed by atoms with Gasteiger partial charge in [-0.15, -0.1) is 0 Å². The summed E-state index contributed by atoms with van der Waals surface area (Å²) >= 11 is 1.18. The number of thiazole rings is 1. The predicted octanol–water partition coefficient (Wildman–Crippen LogP) is 3.13. The monoisotopic (exact) mass is 404 g/mol. The van der Waals surface area contributed by atoms with Crippen molar-refractivity contribution in [1.82, 2.24) is 4.98 Å². The van der Waals surface area contributed by atoms with Crippen LogP contribution in [0.2, 0.25) is 0 Å². The van der Waals surface area contributed by atoms with Crippen molar-refractivity contribution in [1.29, 1.82) is 0 Å². The van der Waals surface area contributed by atoms with Crippen LogP contribution in [-0.2, 0) is 14.6 Å². The average Bonchev–Trinajstić information content (AvgIpc) is 3.02. The molecule has 0 unspecified atom stereocenters. The predicted molar refractivity (Wildman–Crippen MR) is 103 cm³/mol. The Labute approximate surface area is 159 Å². The van der Waals surface area contributed by atoms with Crippen molar-refractivity contribution in [2.45, 2.75) is 11.8 Å². The van der Waals surface area contributed by atoms with Crippen molar-refractivity contribution in [3.05, 3.63) is 53.6 Å². The van der Waals surface area contributed by atoms with E-state index in [1.807, 2.05) is 0 Å². The highest BCUT2D eigenvalue weighted by Crippen LogP contribution is 2.28. The van der Waals surface area contributed by atoms with E-state index in [9.17, 15) is 18.0 Å². The summed E-state index contributed by atoms with van der Waals surface area (Å²) in [6.07, 6.45) is 1.05. The van der Waals surface area contributed by atoms with Gasteiger partial charge in [0, 0.05) is 6.26 Å². The fourth-order valence-electron chi connectivity index (χ4n) is 2.46. The van der Waals surface area contributed by atoms with Crippen LogP contribution in [0, 0.1) is 0 Å². The summed E-state index contributed by atoms with van der Waals surface area (Å²) in [5.74, 6) is -0.999. The van der Waals surface area contributed by atoms with Gasteiger partial charge < -0.3 is 4.74 Å². The maximum Gasteiger partial charge on any atom is 0.338 e. The van der Waals surface area contributed by atoms with E-state index in [4.69, 9.17) is 4.74 Å². The first-order chi connectivity index (χ1) is 12.8. The van der Waals surface area contributed by atoms with Gasteiger partial charge in [-0.25, -0.2) is 18.2 Å². The van der Waals surface area contributed by atoms with Crippen molar-refractivity contribution >= 4 is 48.4 Å². The van der Waals surface area contributed by atoms with E-state index in [-0.39, 0.29) is 17.1 Å². The number of aromatic nitrogens is 1. The zero-order chi connectivity index (χ0) is 19.6. The van der Waals surface area contributed by atoms with Crippen LogP contribution in [0.15, 0.2) is 47.4 Å². The third kappa shape index (κ3) is 4.15. The van der Waals surface area contributed by atoms with E-state index in [1.165, 1.54) is 23.5 Å². The molecule has 0 radical (unpaired) electrons. The number of carbonyl (C=O) groups is 2. The second kappa shape index (κ2) is 7.45. The Bertz CT molecular complexity index is 1140. The number of amides is 1. The van der Waals surface area contributed by atoms with Gasteiger partial charge in [-0.3, -0.25) is 10.1 Å². The molecule has 7 nitrogen and oxygen atoms in total. The van der Waals surface area contributed by atoms with Crippen molar-refractivity contribution < 1.29 is 22.7 Å². The number of anilines is 1. The van der Waals surface area contributed by atoms with Crippen LogP contribution in [0.5, 0.6) is 0 Å². The number of rotatable bonds is 5. The minimum Gasteiger partial charge on any atom is -0.462 e. The number of carbonyl (C=O) groups excluding carboxylic acids is 2. The highest BCUT2D eigenvalue weighted by Gasteiger charge is 2.19. The molecule has 1 N–H and O–H groups in total. The van der Waals surface area contributed by atoms with Gasteiger partial charge in [-0.2, -0.15) is 0 Å². The Kier molecular flexibility index (Phi) is 5.24. The molecule has 2 aromatic carbocycles. The van der Waals surface area contributed by atoms with E-state index in [0.29, 0.717) is 20.9 Å². The Hall–Kier alpha value is -2.78. The lowest BCUT2D eigenvalue weighted by atomic mass is 10.2. The van der Waals surface area contributed by atoms with Crippen LogP contribution in [0.25, 0.3) is 10.2 Å². The van der Waals surface area contributed by atoms with Crippen LogP contribution in [0.4, 0.5) is 5.13 Å². The van der Waals surface area contributed by atoms with E-state index >= 15 is 0 Å². The van der Waals surface area contributed by atoms with Crippen LogP contribution >= 0.6 is 11.3 Å². The lowest BCUT2D eigenvalue weighted by Crippen LogP contribution is -2.15. The van der Waals surface area contributed by atoms with Crippen LogP contribution in [0.3, 0.4) is 0 Å². The Balaban J connectivity index is 1.89. The number of nitrogens with one attached hydrogen (secondary N) is 1. The molecule has 0 bridgehead atoms. The van der Waals surface area contributed by atoms with Crippen LogP contribution in [-0.4, -0.2) is 38.1 Å². The third-order valence-corrected chi connectivity index (χ3v) is 5.74. The molecule has 0 spiro atoms. The summed E-state index contributed by atoms with van der Waals surface area (Å²) in [5, 5.41) is 2.93. The summed E-state index contributed by atoms with van der Waals surface area (Å²) < 4.78 is 29.4. The molecule has 140 valence electrons. The van der Waals surface area contributed by atoms with Gasteiger partial charge in [-0.1, -0.05) is 23.5 Å². The van der Waals surface area contributed by atoms with Crippen LogP contribution < -0.4 is 5.32 Å². The van der Waals surface area contributed by atoms with Crippen molar-refractivity contribution in [3.63, 3.8) is 0 Å². The standard InChI is InChI=1S/C18H16N2O5S2/c1-3-25-17(22)11-8-9-13-14(10-11)26-18(19-13)20-16(21)12-6-4-5-7-15(12)27(2,23)24/h4-10H,3H2,1-2H3,(H,19,20,21). The zero-order valence-corrected chi connectivity index (χ0v) is 16.2. The SMILES string of the molecule is CCOC(=O)c1ccc2nc(NC(=O)c3ccccc3S(C)(=O)=O)sc2c1. The third-order valence-electron chi connectivity index (χ3n) is 3.65. The molecule has 3 aromatic rings. The molecule has 1 amide bonds. The molecule has 1 aromatic heterocycles. The molecule has 0 atom stereocenters. The lowest BCUT2D eigenvalue weighted by Gasteiger charge is -2.06. The summed E-state index contributed by atoms with van der Waals surface area (Å²) in [5.41, 5.74) is 1.06. The molecule has 27 heavy (non-hydrogen) atoms. The first-order valence-electron chi connectivity index (χ1n) is 7.97. The summed E-state index contributed by atoms with van der Waals surface area (Å²) in [6.45, 7) is 2.01. The first kappa shape index (κ1) is 19.0. The Morgan fingerprint density at radius 3 is 2.63 bits per heavy atom. The van der Waals surface area contributed by atoms with Crippen molar-refractivity contribution in [2.24, 2.45) is 0 Å². The topological polar surface area (TPSA) is 102 Å². The molecule has 1 heterocycles. The number of fused-ring (bicyclic) bond motifs is 1. The quantitative estimate of drug-likeness (QED) is 0.656. The minimum absolute atomic E-state index is 0.0477. The number of sulfone groups is 1. The maximum absolute atomic E-state index is 12.5. The number of esters is 1. The van der Waals surface area contributed by atoms with Crippen molar-refractivity contribution in [2.75, 3.05) is 18.2 Å². The fraction of sp³-hybridized carbons (Fsp3) is 0.167. The molecular formula is C18H16N2O5S2.